The fourth-order valence-electron chi connectivity index (χ4n) is 4.72. The van der Waals surface area contributed by atoms with Crippen LogP contribution in [0.4, 0.5) is 0 Å². The van der Waals surface area contributed by atoms with Crippen LogP contribution in [0.5, 0.6) is 0 Å². The molecular weight excluding hydrogens is 548 g/mol. The van der Waals surface area contributed by atoms with Crippen molar-refractivity contribution in [3.05, 3.63) is 52.7 Å². The van der Waals surface area contributed by atoms with Crippen molar-refractivity contribution in [3.8, 4) is 11.3 Å². The first-order valence-corrected chi connectivity index (χ1v) is 14.8. The van der Waals surface area contributed by atoms with E-state index in [0.717, 1.165) is 29.5 Å². The van der Waals surface area contributed by atoms with Crippen LogP contribution in [0.25, 0.3) is 22.4 Å². The predicted octanol–water partition coefficient (Wildman–Crippen LogP) is 4.13. The number of unbranched alkanes of at least 4 members (excludes halogenated alkanes) is 1. The van der Waals surface area contributed by atoms with E-state index in [4.69, 9.17) is 14.5 Å². The van der Waals surface area contributed by atoms with Crippen LogP contribution in [0.15, 0.2) is 34.7 Å². The first kappa shape index (κ1) is 30.4. The van der Waals surface area contributed by atoms with Gasteiger partial charge < -0.3 is 20.2 Å². The van der Waals surface area contributed by atoms with Crippen LogP contribution in [0, 0.1) is 6.92 Å². The van der Waals surface area contributed by atoms with Crippen molar-refractivity contribution in [2.24, 2.45) is 0 Å². The molecule has 1 aliphatic rings. The Labute approximate surface area is 241 Å². The first-order valence-electron chi connectivity index (χ1n) is 13.8. The topological polar surface area (TPSA) is 162 Å². The summed E-state index contributed by atoms with van der Waals surface area (Å²) in [5.41, 5.74) is 4.11. The lowest BCUT2D eigenvalue weighted by Gasteiger charge is -2.19. The highest BCUT2D eigenvalue weighted by Gasteiger charge is 2.31. The number of carboxylic acids is 1. The number of aryl methyl sites for hydroxylation is 1. The zero-order chi connectivity index (χ0) is 29.5. The lowest BCUT2D eigenvalue weighted by Crippen LogP contribution is -2.28. The molecule has 0 radical (unpaired) electrons. The van der Waals surface area contributed by atoms with Crippen molar-refractivity contribution in [2.45, 2.75) is 64.3 Å². The number of aromatic nitrogens is 1. The molecule has 1 aromatic carbocycles. The molecule has 11 nitrogen and oxygen atoms in total. The summed E-state index contributed by atoms with van der Waals surface area (Å²) in [6.07, 6.45) is 3.57. The molecule has 1 saturated carbocycles. The number of amides is 2. The third kappa shape index (κ3) is 7.99. The number of rotatable bonds is 15. The molecule has 2 aromatic heterocycles. The van der Waals surface area contributed by atoms with E-state index in [-0.39, 0.29) is 43.7 Å². The van der Waals surface area contributed by atoms with Crippen molar-refractivity contribution in [1.29, 1.82) is 0 Å². The van der Waals surface area contributed by atoms with Crippen molar-refractivity contribution in [2.75, 3.05) is 20.1 Å². The minimum Gasteiger partial charge on any atom is -0.481 e. The molecule has 1 fully saturated rings. The average Bonchev–Trinajstić information content (AvgIpc) is 3.72. The minimum absolute atomic E-state index is 0.00138. The number of benzene rings is 1. The van der Waals surface area contributed by atoms with Gasteiger partial charge in [0.1, 0.15) is 5.76 Å². The fraction of sp³-hybridized carbons (Fsp3) is 0.448. The van der Waals surface area contributed by atoms with Crippen molar-refractivity contribution >= 4 is 40.1 Å². The largest absolute Gasteiger partial charge is 0.481 e. The van der Waals surface area contributed by atoms with E-state index in [1.807, 2.05) is 37.3 Å². The van der Waals surface area contributed by atoms with Crippen LogP contribution < -0.4 is 10.6 Å². The molecule has 4 rings (SSSR count). The number of hydrogen-bond acceptors (Lipinski definition) is 6. The molecular formula is C29H36N4O7S. The molecule has 1 atom stereocenters. The van der Waals surface area contributed by atoms with Crippen molar-refractivity contribution < 1.29 is 32.7 Å². The van der Waals surface area contributed by atoms with E-state index in [9.17, 15) is 23.1 Å². The van der Waals surface area contributed by atoms with Crippen LogP contribution >= 0.6 is 0 Å². The standard InChI is InChI=1S/C29H36N4O7S/c1-18-8-10-20(11-9-18)27-26(28(37)30-2)22-16-21(19-12-13-19)23(32-29(22)40-27)17-33(41(38)39)15-4-3-6-24(34)31-14-5-7-25(35)36/h8-11,16,19H,3-7,12-15,17H2,1-2H3,(H,30,37)(H,31,34)(H,35,36)(H,38,39). The molecule has 2 heterocycles. The van der Waals surface area contributed by atoms with E-state index in [1.54, 1.807) is 7.05 Å². The van der Waals surface area contributed by atoms with Gasteiger partial charge in [0, 0.05) is 38.5 Å². The quantitative estimate of drug-likeness (QED) is 0.153. The number of carbonyl (C=O) groups excluding carboxylic acids is 2. The Bertz CT molecular complexity index is 1430. The second-order valence-electron chi connectivity index (χ2n) is 10.3. The normalized spacial score (nSPS) is 13.9. The molecule has 0 aliphatic heterocycles. The van der Waals surface area contributed by atoms with Gasteiger partial charge in [0.2, 0.25) is 22.9 Å². The lowest BCUT2D eigenvalue weighted by atomic mass is 10.0. The Morgan fingerprint density at radius 3 is 2.49 bits per heavy atom. The van der Waals surface area contributed by atoms with Gasteiger partial charge in [0.05, 0.1) is 23.2 Å². The van der Waals surface area contributed by atoms with Gasteiger partial charge in [0.15, 0.2) is 0 Å². The van der Waals surface area contributed by atoms with Gasteiger partial charge in [-0.1, -0.05) is 29.8 Å². The minimum atomic E-state index is -2.26. The highest BCUT2D eigenvalue weighted by molar-refractivity contribution is 7.76. The molecule has 1 unspecified atom stereocenters. The Kier molecular flexibility index (Phi) is 10.2. The summed E-state index contributed by atoms with van der Waals surface area (Å²) in [4.78, 5) is 40.3. The molecule has 12 heteroatoms. The maximum absolute atomic E-state index is 13.0. The van der Waals surface area contributed by atoms with E-state index >= 15 is 0 Å². The second-order valence-corrected chi connectivity index (χ2v) is 11.3. The van der Waals surface area contributed by atoms with Crippen LogP contribution in [-0.4, -0.2) is 61.1 Å². The van der Waals surface area contributed by atoms with E-state index in [2.05, 4.69) is 10.6 Å². The van der Waals surface area contributed by atoms with Gasteiger partial charge in [-0.25, -0.2) is 9.19 Å². The predicted molar refractivity (Wildman–Crippen MR) is 154 cm³/mol. The molecule has 0 spiro atoms. The zero-order valence-electron chi connectivity index (χ0n) is 23.3. The van der Waals surface area contributed by atoms with Gasteiger partial charge in [0.25, 0.3) is 5.91 Å². The summed E-state index contributed by atoms with van der Waals surface area (Å²) in [5.74, 6) is -0.671. The van der Waals surface area contributed by atoms with Gasteiger partial charge in [-0.2, -0.15) is 4.31 Å². The lowest BCUT2D eigenvalue weighted by molar-refractivity contribution is -0.137. The third-order valence-corrected chi connectivity index (χ3v) is 7.83. The monoisotopic (exact) mass is 584 g/mol. The number of pyridine rings is 1. The van der Waals surface area contributed by atoms with Gasteiger partial charge in [-0.3, -0.25) is 18.9 Å². The third-order valence-electron chi connectivity index (χ3n) is 7.08. The number of nitrogens with zero attached hydrogens (tertiary/aromatic N) is 2. The number of fused-ring (bicyclic) bond motifs is 1. The van der Waals surface area contributed by atoms with Crippen LogP contribution in [0.1, 0.15) is 78.0 Å². The van der Waals surface area contributed by atoms with Gasteiger partial charge in [-0.05, 0) is 56.6 Å². The molecule has 220 valence electrons. The molecule has 4 N–H and O–H groups in total. The van der Waals surface area contributed by atoms with Crippen molar-refractivity contribution in [3.63, 3.8) is 0 Å². The molecule has 2 amide bonds. The number of aliphatic carboxylic acids is 1. The number of carbonyl (C=O) groups is 3. The summed E-state index contributed by atoms with van der Waals surface area (Å²) >= 11 is -2.26. The van der Waals surface area contributed by atoms with E-state index in [0.29, 0.717) is 53.9 Å². The van der Waals surface area contributed by atoms with Gasteiger partial charge in [-0.15, -0.1) is 0 Å². The maximum Gasteiger partial charge on any atom is 0.303 e. The summed E-state index contributed by atoms with van der Waals surface area (Å²) in [5, 5.41) is 14.7. The molecule has 0 saturated heterocycles. The number of furan rings is 1. The highest BCUT2D eigenvalue weighted by atomic mass is 32.2. The SMILES string of the molecule is CNC(=O)c1c(-c2ccc(C)cc2)oc2nc(CN(CCCCC(=O)NCCCC(=O)O)S(=O)O)c(C3CC3)cc12. The number of hydrogen-bond donors (Lipinski definition) is 4. The highest BCUT2D eigenvalue weighted by Crippen LogP contribution is 2.44. The number of carboxylic acid groups (broad SMARTS) is 1. The van der Waals surface area contributed by atoms with E-state index < -0.39 is 17.2 Å². The van der Waals surface area contributed by atoms with Gasteiger partial charge >= 0.3 is 5.97 Å². The number of nitrogens with one attached hydrogen (secondary N) is 2. The smallest absolute Gasteiger partial charge is 0.303 e. The zero-order valence-corrected chi connectivity index (χ0v) is 24.1. The summed E-state index contributed by atoms with van der Waals surface area (Å²) in [6, 6.07) is 9.63. The Balaban J connectivity index is 1.51. The summed E-state index contributed by atoms with van der Waals surface area (Å²) < 4.78 is 29.8. The molecule has 3 aromatic rings. The fourth-order valence-corrected chi connectivity index (χ4v) is 5.23. The Morgan fingerprint density at radius 1 is 1.12 bits per heavy atom. The second kappa shape index (κ2) is 13.8. The Hall–Kier alpha value is -3.61. The molecule has 0 bridgehead atoms. The first-order chi connectivity index (χ1) is 19.7. The summed E-state index contributed by atoms with van der Waals surface area (Å²) in [6.45, 7) is 2.67. The van der Waals surface area contributed by atoms with E-state index in [1.165, 1.54) is 4.31 Å². The summed E-state index contributed by atoms with van der Waals surface area (Å²) in [7, 11) is 1.57. The Morgan fingerprint density at radius 2 is 1.85 bits per heavy atom. The molecule has 1 aliphatic carbocycles. The molecule has 41 heavy (non-hydrogen) atoms. The average molecular weight is 585 g/mol. The van der Waals surface area contributed by atoms with Crippen LogP contribution in [0.2, 0.25) is 0 Å². The van der Waals surface area contributed by atoms with Crippen LogP contribution in [0.3, 0.4) is 0 Å². The van der Waals surface area contributed by atoms with Crippen molar-refractivity contribution in [1.82, 2.24) is 19.9 Å². The van der Waals surface area contributed by atoms with Crippen LogP contribution in [-0.2, 0) is 27.4 Å². The maximum atomic E-state index is 13.0.